The maximum absolute atomic E-state index is 3.81. The topological polar surface area (TPSA) is 12.0 Å². The Morgan fingerprint density at radius 1 is 1.25 bits per heavy atom. The van der Waals surface area contributed by atoms with E-state index in [-0.39, 0.29) is 0 Å². The van der Waals surface area contributed by atoms with Crippen molar-refractivity contribution in [2.45, 2.75) is 64.8 Å². The third-order valence-corrected chi connectivity index (χ3v) is 5.28. The summed E-state index contributed by atoms with van der Waals surface area (Å²) in [5.74, 6) is 3.19. The number of hydrogen-bond donors (Lipinski definition) is 1. The van der Waals surface area contributed by atoms with Gasteiger partial charge in [0.15, 0.2) is 0 Å². The highest BCUT2D eigenvalue weighted by Gasteiger charge is 2.53. The van der Waals surface area contributed by atoms with E-state index in [0.717, 1.165) is 23.8 Å². The van der Waals surface area contributed by atoms with Crippen LogP contribution in [0.2, 0.25) is 0 Å². The lowest BCUT2D eigenvalue weighted by atomic mass is 9.75. The van der Waals surface area contributed by atoms with E-state index < -0.39 is 0 Å². The lowest BCUT2D eigenvalue weighted by Crippen LogP contribution is -2.35. The first-order valence-electron chi connectivity index (χ1n) is 7.44. The van der Waals surface area contributed by atoms with Gasteiger partial charge in [0.1, 0.15) is 0 Å². The molecule has 3 saturated carbocycles. The van der Waals surface area contributed by atoms with Gasteiger partial charge in [0.2, 0.25) is 0 Å². The lowest BCUT2D eigenvalue weighted by Gasteiger charge is -2.34. The van der Waals surface area contributed by atoms with Gasteiger partial charge in [-0.1, -0.05) is 20.3 Å². The third-order valence-electron chi connectivity index (χ3n) is 5.28. The standard InChI is InChI=1S/C15H27N/c1-3-11(2)7-15(10-16-14-4-5-14)8-12-6-13(12)9-15/h11-14,16H,3-10H2,1-2H3. The minimum Gasteiger partial charge on any atom is -0.313 e. The Morgan fingerprint density at radius 3 is 2.50 bits per heavy atom. The normalized spacial score (nSPS) is 43.1. The van der Waals surface area contributed by atoms with Crippen LogP contribution in [0.4, 0.5) is 0 Å². The second-order valence-electron chi connectivity index (χ2n) is 7.04. The van der Waals surface area contributed by atoms with Gasteiger partial charge in [-0.25, -0.2) is 0 Å². The first-order chi connectivity index (χ1) is 7.71. The van der Waals surface area contributed by atoms with Gasteiger partial charge in [-0.15, -0.1) is 0 Å². The molecule has 0 saturated heterocycles. The van der Waals surface area contributed by atoms with Crippen LogP contribution in [0.15, 0.2) is 0 Å². The highest BCUT2D eigenvalue weighted by atomic mass is 15.0. The summed E-state index contributed by atoms with van der Waals surface area (Å²) in [6, 6.07) is 0.894. The fourth-order valence-electron chi connectivity index (χ4n) is 3.92. The highest BCUT2D eigenvalue weighted by Crippen LogP contribution is 2.61. The summed E-state index contributed by atoms with van der Waals surface area (Å²) in [5, 5.41) is 3.81. The molecule has 0 aromatic carbocycles. The van der Waals surface area contributed by atoms with Crippen LogP contribution < -0.4 is 5.32 Å². The van der Waals surface area contributed by atoms with Gasteiger partial charge in [-0.05, 0) is 61.7 Å². The molecule has 92 valence electrons. The van der Waals surface area contributed by atoms with Gasteiger partial charge in [-0.3, -0.25) is 0 Å². The molecule has 16 heavy (non-hydrogen) atoms. The van der Waals surface area contributed by atoms with E-state index in [0.29, 0.717) is 5.41 Å². The molecule has 0 spiro atoms. The molecule has 0 heterocycles. The van der Waals surface area contributed by atoms with E-state index in [9.17, 15) is 0 Å². The van der Waals surface area contributed by atoms with Crippen molar-refractivity contribution < 1.29 is 0 Å². The smallest absolute Gasteiger partial charge is 0.00684 e. The molecule has 0 aromatic heterocycles. The van der Waals surface area contributed by atoms with Crippen LogP contribution in [0.5, 0.6) is 0 Å². The van der Waals surface area contributed by atoms with Crippen molar-refractivity contribution >= 4 is 0 Å². The number of fused-ring (bicyclic) bond motifs is 1. The van der Waals surface area contributed by atoms with Crippen molar-refractivity contribution in [3.05, 3.63) is 0 Å². The van der Waals surface area contributed by atoms with Gasteiger partial charge in [-0.2, -0.15) is 0 Å². The molecule has 1 N–H and O–H groups in total. The van der Waals surface area contributed by atoms with E-state index in [1.807, 2.05) is 0 Å². The van der Waals surface area contributed by atoms with E-state index in [2.05, 4.69) is 19.2 Å². The molecule has 3 fully saturated rings. The first kappa shape index (κ1) is 11.1. The number of rotatable bonds is 6. The van der Waals surface area contributed by atoms with E-state index in [1.54, 1.807) is 19.3 Å². The maximum Gasteiger partial charge on any atom is 0.00684 e. The van der Waals surface area contributed by atoms with Crippen LogP contribution in [0, 0.1) is 23.2 Å². The summed E-state index contributed by atoms with van der Waals surface area (Å²) in [6.45, 7) is 6.13. The molecule has 1 nitrogen and oxygen atoms in total. The van der Waals surface area contributed by atoms with Crippen molar-refractivity contribution in [2.24, 2.45) is 23.2 Å². The third kappa shape index (κ3) is 2.30. The van der Waals surface area contributed by atoms with E-state index in [4.69, 9.17) is 0 Å². The van der Waals surface area contributed by atoms with Crippen LogP contribution in [-0.2, 0) is 0 Å². The second-order valence-corrected chi connectivity index (χ2v) is 7.04. The average molecular weight is 221 g/mol. The average Bonchev–Trinajstić information content (AvgIpc) is 3.17. The Kier molecular flexibility index (Phi) is 2.78. The van der Waals surface area contributed by atoms with Crippen LogP contribution in [0.3, 0.4) is 0 Å². The Balaban J connectivity index is 1.57. The summed E-state index contributed by atoms with van der Waals surface area (Å²) in [6.07, 6.45) is 10.4. The zero-order valence-electron chi connectivity index (χ0n) is 11.0. The predicted molar refractivity (Wildman–Crippen MR) is 68.4 cm³/mol. The van der Waals surface area contributed by atoms with E-state index in [1.165, 1.54) is 32.2 Å². The SMILES string of the molecule is CCC(C)CC1(CNC2CC2)CC2CC2C1. The molecule has 0 radical (unpaired) electrons. The monoisotopic (exact) mass is 221 g/mol. The largest absolute Gasteiger partial charge is 0.313 e. The van der Waals surface area contributed by atoms with Crippen LogP contribution in [0.25, 0.3) is 0 Å². The minimum atomic E-state index is 0.700. The molecule has 0 bridgehead atoms. The van der Waals surface area contributed by atoms with Crippen molar-refractivity contribution in [3.8, 4) is 0 Å². The van der Waals surface area contributed by atoms with Gasteiger partial charge >= 0.3 is 0 Å². The zero-order valence-corrected chi connectivity index (χ0v) is 11.0. The Bertz CT molecular complexity index is 246. The molecule has 3 aliphatic rings. The number of hydrogen-bond acceptors (Lipinski definition) is 1. The quantitative estimate of drug-likeness (QED) is 0.723. The van der Waals surface area contributed by atoms with E-state index >= 15 is 0 Å². The minimum absolute atomic E-state index is 0.700. The fourth-order valence-corrected chi connectivity index (χ4v) is 3.92. The first-order valence-corrected chi connectivity index (χ1v) is 7.44. The molecule has 3 rings (SSSR count). The molecule has 1 heteroatoms. The van der Waals surface area contributed by atoms with Crippen LogP contribution in [-0.4, -0.2) is 12.6 Å². The van der Waals surface area contributed by atoms with Crippen LogP contribution in [0.1, 0.15) is 58.8 Å². The molecule has 0 amide bonds. The van der Waals surface area contributed by atoms with Gasteiger partial charge in [0.05, 0.1) is 0 Å². The summed E-state index contributed by atoms with van der Waals surface area (Å²) >= 11 is 0. The lowest BCUT2D eigenvalue weighted by molar-refractivity contribution is 0.192. The molecular weight excluding hydrogens is 194 g/mol. The predicted octanol–water partition coefficient (Wildman–Crippen LogP) is 3.59. The molecule has 3 unspecified atom stereocenters. The maximum atomic E-state index is 3.81. The van der Waals surface area contributed by atoms with Crippen molar-refractivity contribution in [2.75, 3.05) is 6.54 Å². The molecule has 0 aliphatic heterocycles. The molecule has 3 aliphatic carbocycles. The van der Waals surface area contributed by atoms with Gasteiger partial charge < -0.3 is 5.32 Å². The van der Waals surface area contributed by atoms with Crippen molar-refractivity contribution in [1.29, 1.82) is 0 Å². The van der Waals surface area contributed by atoms with Crippen molar-refractivity contribution in [3.63, 3.8) is 0 Å². The summed E-state index contributed by atoms with van der Waals surface area (Å²) in [7, 11) is 0. The molecule has 0 aromatic rings. The fraction of sp³-hybridized carbons (Fsp3) is 1.00. The zero-order chi connectivity index (χ0) is 11.2. The molecule has 3 atom stereocenters. The van der Waals surface area contributed by atoms with Gasteiger partial charge in [0, 0.05) is 12.6 Å². The van der Waals surface area contributed by atoms with Crippen LogP contribution >= 0.6 is 0 Å². The highest BCUT2D eigenvalue weighted by molar-refractivity contribution is 5.05. The second kappa shape index (κ2) is 4.01. The van der Waals surface area contributed by atoms with Gasteiger partial charge in [0.25, 0.3) is 0 Å². The number of nitrogens with one attached hydrogen (secondary N) is 1. The summed E-state index contributed by atoms with van der Waals surface area (Å²) in [4.78, 5) is 0. The Hall–Kier alpha value is -0.0400. The Labute approximate surface area is 100 Å². The summed E-state index contributed by atoms with van der Waals surface area (Å²) < 4.78 is 0. The molecular formula is C15H27N. The summed E-state index contributed by atoms with van der Waals surface area (Å²) in [5.41, 5.74) is 0.700. The Morgan fingerprint density at radius 2 is 1.94 bits per heavy atom. The van der Waals surface area contributed by atoms with Crippen molar-refractivity contribution in [1.82, 2.24) is 5.32 Å².